The molecule has 0 unspecified atom stereocenters. The molecule has 0 fully saturated rings. The molecule has 3 heteroatoms. The van der Waals surface area contributed by atoms with Crippen molar-refractivity contribution in [1.29, 1.82) is 0 Å². The van der Waals surface area contributed by atoms with E-state index in [2.05, 4.69) is 193 Å². The average Bonchev–Trinajstić information content (AvgIpc) is 3.80. The van der Waals surface area contributed by atoms with Crippen LogP contribution < -0.4 is 4.90 Å². The number of nitrogens with zero attached hydrogens (tertiary/aromatic N) is 1. The van der Waals surface area contributed by atoms with E-state index in [1.807, 2.05) is 22.7 Å². The van der Waals surface area contributed by atoms with Crippen LogP contribution in [0.25, 0.3) is 84.1 Å². The Balaban J connectivity index is 1.06. The monoisotopic (exact) mass is 709 g/mol. The van der Waals surface area contributed by atoms with Gasteiger partial charge in [0.05, 0.1) is 5.69 Å². The Bertz CT molecular complexity index is 3160. The molecule has 11 rings (SSSR count). The second-order valence-electron chi connectivity index (χ2n) is 13.6. The normalized spacial score (nSPS) is 11.8. The molecule has 1 nitrogen and oxygen atoms in total. The molecule has 0 amide bonds. The zero-order valence-electron chi connectivity index (χ0n) is 28.7. The van der Waals surface area contributed by atoms with Gasteiger partial charge in [-0.05, 0) is 86.9 Å². The Labute approximate surface area is 315 Å². The van der Waals surface area contributed by atoms with Gasteiger partial charge in [0.2, 0.25) is 0 Å². The SMILES string of the molecule is c1ccc2c(-c3ccc(N(c4ccc(-c5cccc6c5ccc5c7ccccc7sc65)cc4)c4cccc5sc6ccccc6c45)cc3)cccc2c1. The zero-order valence-corrected chi connectivity index (χ0v) is 30.3. The molecule has 0 spiro atoms. The van der Waals surface area contributed by atoms with E-state index >= 15 is 0 Å². The summed E-state index contributed by atoms with van der Waals surface area (Å²) in [7, 11) is 0. The molecule has 248 valence electrons. The molecule has 0 aliphatic carbocycles. The second-order valence-corrected chi connectivity index (χ2v) is 15.8. The highest BCUT2D eigenvalue weighted by Gasteiger charge is 2.19. The van der Waals surface area contributed by atoms with Gasteiger partial charge >= 0.3 is 0 Å². The second kappa shape index (κ2) is 12.2. The standard InChI is InChI=1S/C50H31NS2/c1-2-12-37-32(10-1)11-7-15-38(37)33-22-26-35(27-23-33)51(45-18-9-21-48-49(45)44-14-4-6-20-47(44)52-48)36-28-24-34(25-29-36)39-16-8-17-42-40(39)30-31-43-41-13-3-5-19-46(41)53-50(42)43/h1-31H. The maximum absolute atomic E-state index is 2.43. The van der Waals surface area contributed by atoms with Gasteiger partial charge in [-0.15, -0.1) is 22.7 Å². The van der Waals surface area contributed by atoms with Gasteiger partial charge in [-0.2, -0.15) is 0 Å². The van der Waals surface area contributed by atoms with Crippen molar-refractivity contribution in [3.8, 4) is 22.3 Å². The van der Waals surface area contributed by atoms with Crippen molar-refractivity contribution >= 4 is 102 Å². The molecule has 0 atom stereocenters. The number of hydrogen-bond donors (Lipinski definition) is 0. The molecule has 0 bridgehead atoms. The van der Waals surface area contributed by atoms with Gasteiger partial charge in [-0.3, -0.25) is 0 Å². The maximum Gasteiger partial charge on any atom is 0.0554 e. The van der Waals surface area contributed by atoms with Crippen LogP contribution in [0.5, 0.6) is 0 Å². The molecule has 0 saturated heterocycles. The van der Waals surface area contributed by atoms with Gasteiger partial charge < -0.3 is 4.90 Å². The fraction of sp³-hybridized carbons (Fsp3) is 0. The molecule has 2 heterocycles. The lowest BCUT2D eigenvalue weighted by Crippen LogP contribution is -2.10. The first-order valence-electron chi connectivity index (χ1n) is 18.0. The van der Waals surface area contributed by atoms with Gasteiger partial charge in [-0.25, -0.2) is 0 Å². The smallest absolute Gasteiger partial charge is 0.0554 e. The van der Waals surface area contributed by atoms with Crippen molar-refractivity contribution in [3.05, 3.63) is 188 Å². The van der Waals surface area contributed by atoms with Crippen molar-refractivity contribution in [2.75, 3.05) is 4.90 Å². The van der Waals surface area contributed by atoms with Crippen LogP contribution in [-0.4, -0.2) is 0 Å². The highest BCUT2D eigenvalue weighted by atomic mass is 32.1. The van der Waals surface area contributed by atoms with Gasteiger partial charge in [-0.1, -0.05) is 140 Å². The molecule has 2 aromatic heterocycles. The number of anilines is 3. The largest absolute Gasteiger partial charge is 0.310 e. The minimum atomic E-state index is 1.13. The van der Waals surface area contributed by atoms with E-state index in [-0.39, 0.29) is 0 Å². The number of hydrogen-bond acceptors (Lipinski definition) is 3. The zero-order chi connectivity index (χ0) is 34.9. The topological polar surface area (TPSA) is 3.24 Å². The van der Waals surface area contributed by atoms with Crippen LogP contribution in [0.15, 0.2) is 188 Å². The minimum absolute atomic E-state index is 1.13. The van der Waals surface area contributed by atoms with E-state index in [9.17, 15) is 0 Å². The fourth-order valence-electron chi connectivity index (χ4n) is 8.22. The summed E-state index contributed by atoms with van der Waals surface area (Å²) in [5, 5.41) is 10.4. The van der Waals surface area contributed by atoms with Gasteiger partial charge in [0.25, 0.3) is 0 Å². The molecule has 11 aromatic rings. The molecule has 9 aromatic carbocycles. The third-order valence-electron chi connectivity index (χ3n) is 10.7. The van der Waals surface area contributed by atoms with E-state index in [0.717, 1.165) is 11.4 Å². The average molecular weight is 710 g/mol. The third kappa shape index (κ3) is 4.89. The Morgan fingerprint density at radius 3 is 1.58 bits per heavy atom. The number of fused-ring (bicyclic) bond motifs is 9. The summed E-state index contributed by atoms with van der Waals surface area (Å²) in [6.45, 7) is 0. The Morgan fingerprint density at radius 2 is 0.830 bits per heavy atom. The minimum Gasteiger partial charge on any atom is -0.310 e. The summed E-state index contributed by atoms with van der Waals surface area (Å²) < 4.78 is 5.29. The maximum atomic E-state index is 2.43. The first-order chi connectivity index (χ1) is 26.3. The molecule has 0 N–H and O–H groups in total. The van der Waals surface area contributed by atoms with Crippen molar-refractivity contribution in [3.63, 3.8) is 0 Å². The molecule has 53 heavy (non-hydrogen) atoms. The first-order valence-corrected chi connectivity index (χ1v) is 19.6. The van der Waals surface area contributed by atoms with Crippen LogP contribution >= 0.6 is 22.7 Å². The highest BCUT2D eigenvalue weighted by molar-refractivity contribution is 7.26. The summed E-state index contributed by atoms with van der Waals surface area (Å²) in [5.74, 6) is 0. The summed E-state index contributed by atoms with van der Waals surface area (Å²) in [4.78, 5) is 2.43. The lowest BCUT2D eigenvalue weighted by atomic mass is 9.96. The summed E-state index contributed by atoms with van der Waals surface area (Å²) in [5.41, 5.74) is 8.37. The highest BCUT2D eigenvalue weighted by Crippen LogP contribution is 2.46. The Morgan fingerprint density at radius 1 is 0.321 bits per heavy atom. The third-order valence-corrected chi connectivity index (χ3v) is 13.0. The Hall–Kier alpha value is -6.26. The van der Waals surface area contributed by atoms with E-state index in [4.69, 9.17) is 0 Å². The summed E-state index contributed by atoms with van der Waals surface area (Å²) >= 11 is 3.75. The molecular formula is C50H31NS2. The summed E-state index contributed by atoms with van der Waals surface area (Å²) in [6, 6.07) is 69.1. The van der Waals surface area contributed by atoms with Crippen molar-refractivity contribution in [2.45, 2.75) is 0 Å². The van der Waals surface area contributed by atoms with Crippen molar-refractivity contribution < 1.29 is 0 Å². The molecule has 0 radical (unpaired) electrons. The molecular weight excluding hydrogens is 679 g/mol. The lowest BCUT2D eigenvalue weighted by Gasteiger charge is -2.27. The van der Waals surface area contributed by atoms with E-state index in [1.54, 1.807) is 0 Å². The van der Waals surface area contributed by atoms with Gasteiger partial charge in [0, 0.05) is 57.1 Å². The first kappa shape index (κ1) is 30.4. The fourth-order valence-corrected chi connectivity index (χ4v) is 10.6. The van der Waals surface area contributed by atoms with Crippen LogP contribution in [0.4, 0.5) is 17.1 Å². The molecule has 0 aliphatic rings. The van der Waals surface area contributed by atoms with Crippen LogP contribution in [0.1, 0.15) is 0 Å². The quantitative estimate of drug-likeness (QED) is 0.172. The van der Waals surface area contributed by atoms with Gasteiger partial charge in [0.1, 0.15) is 0 Å². The van der Waals surface area contributed by atoms with Crippen LogP contribution in [0, 0.1) is 0 Å². The molecule has 0 saturated carbocycles. The van der Waals surface area contributed by atoms with Crippen LogP contribution in [-0.2, 0) is 0 Å². The summed E-state index contributed by atoms with van der Waals surface area (Å²) in [6.07, 6.45) is 0. The van der Waals surface area contributed by atoms with Crippen molar-refractivity contribution in [1.82, 2.24) is 0 Å². The lowest BCUT2D eigenvalue weighted by molar-refractivity contribution is 1.30. The van der Waals surface area contributed by atoms with Crippen LogP contribution in [0.3, 0.4) is 0 Å². The van der Waals surface area contributed by atoms with E-state index < -0.39 is 0 Å². The number of benzene rings is 9. The number of rotatable bonds is 5. The van der Waals surface area contributed by atoms with E-state index in [1.165, 1.54) is 89.8 Å². The van der Waals surface area contributed by atoms with Crippen LogP contribution in [0.2, 0.25) is 0 Å². The van der Waals surface area contributed by atoms with Gasteiger partial charge in [0.15, 0.2) is 0 Å². The predicted molar refractivity (Wildman–Crippen MR) is 233 cm³/mol. The molecule has 0 aliphatic heterocycles. The van der Waals surface area contributed by atoms with Crippen molar-refractivity contribution in [2.24, 2.45) is 0 Å². The predicted octanol–water partition coefficient (Wildman–Crippen LogP) is 15.5. The Kier molecular flexibility index (Phi) is 6.97. The van der Waals surface area contributed by atoms with E-state index in [0.29, 0.717) is 0 Å². The number of thiophene rings is 2.